The summed E-state index contributed by atoms with van der Waals surface area (Å²) in [5.74, 6) is 0. The molecule has 0 aliphatic heterocycles. The molecular formula is C23H34N2O4S2. The molecule has 0 heterocycles. The van der Waals surface area contributed by atoms with Crippen molar-refractivity contribution in [3.63, 3.8) is 0 Å². The van der Waals surface area contributed by atoms with Crippen LogP contribution < -0.4 is 0 Å². The Morgan fingerprint density at radius 3 is 1.29 bits per heavy atom. The topological polar surface area (TPSA) is 74.8 Å². The predicted octanol–water partition coefficient (Wildman–Crippen LogP) is 4.21. The van der Waals surface area contributed by atoms with E-state index in [2.05, 4.69) is 0 Å². The van der Waals surface area contributed by atoms with Crippen molar-refractivity contribution in [2.75, 3.05) is 18.2 Å². The third-order valence-electron chi connectivity index (χ3n) is 5.01. The molecule has 0 fully saturated rings. The van der Waals surface area contributed by atoms with Gasteiger partial charge in [0.15, 0.2) is 5.08 Å². The van der Waals surface area contributed by atoms with E-state index in [4.69, 9.17) is 0 Å². The molecule has 0 aliphatic rings. The van der Waals surface area contributed by atoms with Crippen LogP contribution in [0, 0.1) is 0 Å². The maximum absolute atomic E-state index is 13.2. The number of benzene rings is 2. The minimum Gasteiger partial charge on any atom is -0.211 e. The summed E-state index contributed by atoms with van der Waals surface area (Å²) < 4.78 is 55.4. The molecule has 2 rings (SSSR count). The number of rotatable bonds is 14. The van der Waals surface area contributed by atoms with Crippen molar-refractivity contribution >= 4 is 20.0 Å². The lowest BCUT2D eigenvalue weighted by molar-refractivity contribution is 0.390. The molecule has 0 radical (unpaired) electrons. The summed E-state index contributed by atoms with van der Waals surface area (Å²) in [5, 5.41) is -0.910. The van der Waals surface area contributed by atoms with E-state index in [9.17, 15) is 16.8 Å². The Bertz CT molecular complexity index is 897. The fraction of sp³-hybridized carbons (Fsp3) is 0.478. The summed E-state index contributed by atoms with van der Waals surface area (Å²) in [7, 11) is -8.02. The fourth-order valence-corrected chi connectivity index (χ4v) is 7.42. The molecule has 2 aromatic rings. The van der Waals surface area contributed by atoms with E-state index in [1.54, 1.807) is 0 Å². The van der Waals surface area contributed by atoms with Crippen LogP contribution in [0.5, 0.6) is 0 Å². The third kappa shape index (κ3) is 8.37. The van der Waals surface area contributed by atoms with Crippen molar-refractivity contribution in [3.05, 3.63) is 71.8 Å². The van der Waals surface area contributed by atoms with Crippen LogP contribution >= 0.6 is 0 Å². The Morgan fingerprint density at radius 2 is 0.968 bits per heavy atom. The fourth-order valence-electron chi connectivity index (χ4n) is 3.21. The van der Waals surface area contributed by atoms with E-state index < -0.39 is 25.1 Å². The average molecular weight is 467 g/mol. The summed E-state index contributed by atoms with van der Waals surface area (Å²) in [5.41, 5.74) is 1.68. The normalized spacial score (nSPS) is 12.5. The lowest BCUT2D eigenvalue weighted by atomic mass is 10.2. The zero-order valence-electron chi connectivity index (χ0n) is 18.5. The zero-order valence-corrected chi connectivity index (χ0v) is 20.1. The molecule has 0 saturated carbocycles. The summed E-state index contributed by atoms with van der Waals surface area (Å²) in [6.07, 6.45) is 3.00. The van der Waals surface area contributed by atoms with Crippen molar-refractivity contribution in [1.29, 1.82) is 0 Å². The highest BCUT2D eigenvalue weighted by molar-refractivity contribution is 8.05. The first-order chi connectivity index (χ1) is 14.8. The van der Waals surface area contributed by atoms with Crippen LogP contribution in [0.1, 0.15) is 50.7 Å². The summed E-state index contributed by atoms with van der Waals surface area (Å²) in [4.78, 5) is 0. The zero-order chi connectivity index (χ0) is 22.7. The van der Waals surface area contributed by atoms with Gasteiger partial charge in [-0.15, -0.1) is 0 Å². The van der Waals surface area contributed by atoms with Gasteiger partial charge in [-0.05, 0) is 24.0 Å². The molecule has 0 aliphatic carbocycles. The maximum atomic E-state index is 13.2. The van der Waals surface area contributed by atoms with Crippen LogP contribution in [0.3, 0.4) is 0 Å². The number of hydrogen-bond donors (Lipinski definition) is 0. The van der Waals surface area contributed by atoms with E-state index >= 15 is 0 Å². The van der Waals surface area contributed by atoms with Crippen LogP contribution in [0.2, 0.25) is 0 Å². The Balaban J connectivity index is 2.24. The van der Waals surface area contributed by atoms with Gasteiger partial charge in [0.1, 0.15) is 0 Å². The first-order valence-electron chi connectivity index (χ1n) is 10.8. The van der Waals surface area contributed by atoms with E-state index in [0.29, 0.717) is 25.9 Å². The maximum Gasteiger partial charge on any atom is 0.230 e. The average Bonchev–Trinajstić information content (AvgIpc) is 2.74. The molecular weight excluding hydrogens is 432 g/mol. The van der Waals surface area contributed by atoms with E-state index in [1.165, 1.54) is 8.61 Å². The van der Waals surface area contributed by atoms with Crippen molar-refractivity contribution < 1.29 is 16.8 Å². The Morgan fingerprint density at radius 1 is 0.613 bits per heavy atom. The van der Waals surface area contributed by atoms with Crippen LogP contribution in [-0.4, -0.2) is 43.6 Å². The second kappa shape index (κ2) is 12.3. The molecule has 2 aromatic carbocycles. The van der Waals surface area contributed by atoms with Gasteiger partial charge in [-0.3, -0.25) is 0 Å². The molecule has 0 unspecified atom stereocenters. The van der Waals surface area contributed by atoms with Crippen molar-refractivity contribution in [2.45, 2.75) is 52.6 Å². The minimum absolute atomic E-state index is 0.173. The largest absolute Gasteiger partial charge is 0.230 e. The van der Waals surface area contributed by atoms with Crippen LogP contribution in [0.15, 0.2) is 60.7 Å². The molecule has 6 nitrogen and oxygen atoms in total. The minimum atomic E-state index is -4.01. The lowest BCUT2D eigenvalue weighted by Gasteiger charge is -2.26. The lowest BCUT2D eigenvalue weighted by Crippen LogP contribution is -2.41. The molecule has 31 heavy (non-hydrogen) atoms. The quantitative estimate of drug-likeness (QED) is 0.418. The Hall–Kier alpha value is -1.74. The molecule has 0 aromatic heterocycles. The van der Waals surface area contributed by atoms with E-state index in [-0.39, 0.29) is 13.1 Å². The summed E-state index contributed by atoms with van der Waals surface area (Å²) >= 11 is 0. The van der Waals surface area contributed by atoms with Gasteiger partial charge in [0, 0.05) is 26.2 Å². The molecule has 0 amide bonds. The molecule has 172 valence electrons. The standard InChI is InChI=1S/C23H34N2O4S2/c1-3-5-17-24(19-22-13-9-7-10-14-22)30(26,27)21-31(28,29)25(18-6-4-2)20-23-15-11-8-12-16-23/h7-16H,3-6,17-21H2,1-2H3. The molecule has 0 N–H and O–H groups in total. The third-order valence-corrected chi connectivity index (χ3v) is 9.59. The molecule has 0 saturated heterocycles. The van der Waals surface area contributed by atoms with Crippen molar-refractivity contribution in [1.82, 2.24) is 8.61 Å². The van der Waals surface area contributed by atoms with Gasteiger partial charge in [0.25, 0.3) is 0 Å². The van der Waals surface area contributed by atoms with Gasteiger partial charge >= 0.3 is 0 Å². The first kappa shape index (κ1) is 25.5. The monoisotopic (exact) mass is 466 g/mol. The molecule has 8 heteroatoms. The van der Waals surface area contributed by atoms with Crippen LogP contribution in [-0.2, 0) is 33.1 Å². The molecule has 0 atom stereocenters. The van der Waals surface area contributed by atoms with E-state index in [1.807, 2.05) is 74.5 Å². The summed E-state index contributed by atoms with van der Waals surface area (Å²) in [6.45, 7) is 4.92. The first-order valence-corrected chi connectivity index (χ1v) is 14.0. The summed E-state index contributed by atoms with van der Waals surface area (Å²) in [6, 6.07) is 18.6. The number of unbranched alkanes of at least 4 members (excludes halogenated alkanes) is 2. The van der Waals surface area contributed by atoms with Crippen molar-refractivity contribution in [2.24, 2.45) is 0 Å². The van der Waals surface area contributed by atoms with Gasteiger partial charge in [-0.2, -0.15) is 8.61 Å². The second-order valence-electron chi connectivity index (χ2n) is 7.69. The van der Waals surface area contributed by atoms with E-state index in [0.717, 1.165) is 24.0 Å². The van der Waals surface area contributed by atoms with Gasteiger partial charge in [-0.25, -0.2) is 16.8 Å². The highest BCUT2D eigenvalue weighted by atomic mass is 32.3. The van der Waals surface area contributed by atoms with Gasteiger partial charge in [-0.1, -0.05) is 87.4 Å². The smallest absolute Gasteiger partial charge is 0.211 e. The van der Waals surface area contributed by atoms with Gasteiger partial charge in [0.05, 0.1) is 0 Å². The second-order valence-corrected chi connectivity index (χ2v) is 12.0. The Labute approximate surface area is 188 Å². The van der Waals surface area contributed by atoms with Crippen molar-refractivity contribution in [3.8, 4) is 0 Å². The molecule has 0 spiro atoms. The van der Waals surface area contributed by atoms with Crippen LogP contribution in [0.25, 0.3) is 0 Å². The molecule has 0 bridgehead atoms. The van der Waals surface area contributed by atoms with Crippen LogP contribution in [0.4, 0.5) is 0 Å². The highest BCUT2D eigenvalue weighted by Gasteiger charge is 2.32. The number of hydrogen-bond acceptors (Lipinski definition) is 4. The number of sulfonamides is 2. The van der Waals surface area contributed by atoms with Gasteiger partial charge in [0.2, 0.25) is 20.0 Å². The highest BCUT2D eigenvalue weighted by Crippen LogP contribution is 2.18. The predicted molar refractivity (Wildman–Crippen MR) is 126 cm³/mol. The number of nitrogens with zero attached hydrogens (tertiary/aromatic N) is 2. The van der Waals surface area contributed by atoms with Gasteiger partial charge < -0.3 is 0 Å². The SMILES string of the molecule is CCCCN(Cc1ccccc1)S(=O)(=O)CS(=O)(=O)N(CCCC)Cc1ccccc1. The Kier molecular flexibility index (Phi) is 10.2.